The Labute approximate surface area is 143 Å². The van der Waals surface area contributed by atoms with Crippen LogP contribution in [-0.2, 0) is 21.5 Å². The Morgan fingerprint density at radius 1 is 1.35 bits per heavy atom. The van der Waals surface area contributed by atoms with E-state index in [1.54, 1.807) is 0 Å². The molecule has 26 heavy (non-hydrogen) atoms. The Morgan fingerprint density at radius 3 is 2.50 bits per heavy atom. The average Bonchev–Trinajstić information content (AvgIpc) is 2.53. The van der Waals surface area contributed by atoms with Gasteiger partial charge in [0.05, 0.1) is 5.69 Å². The van der Waals surface area contributed by atoms with E-state index >= 15 is 0 Å². The van der Waals surface area contributed by atoms with Gasteiger partial charge < -0.3 is 15.1 Å². The van der Waals surface area contributed by atoms with E-state index < -0.39 is 29.6 Å². The number of nitrogen functional groups attached to an aromatic ring is 1. The minimum atomic E-state index is -5.30. The lowest BCUT2D eigenvalue weighted by Crippen LogP contribution is -2.38. The molecule has 0 aromatic carbocycles. The summed E-state index contributed by atoms with van der Waals surface area (Å²) in [6.45, 7) is 0.873. The molecule has 0 bridgehead atoms. The highest BCUT2D eigenvalue weighted by atomic mass is 19.4. The molecule has 138 valence electrons. The second kappa shape index (κ2) is 6.82. The molecule has 9 nitrogen and oxygen atoms in total. The number of rotatable bonds is 2. The number of carbonyl (C=O) groups excluding carboxylic acids is 2. The quantitative estimate of drug-likeness (QED) is 0.775. The van der Waals surface area contributed by atoms with Crippen molar-refractivity contribution in [2.75, 3.05) is 10.8 Å². The van der Waals surface area contributed by atoms with Crippen molar-refractivity contribution in [3.63, 3.8) is 0 Å². The number of carbonyl (C=O) groups is 2. The van der Waals surface area contributed by atoms with E-state index in [1.807, 2.05) is 0 Å². The largest absolute Gasteiger partial charge is 0.493 e. The van der Waals surface area contributed by atoms with Crippen molar-refractivity contribution in [1.82, 2.24) is 14.5 Å². The molecule has 2 heterocycles. The van der Waals surface area contributed by atoms with Gasteiger partial charge in [-0.3, -0.25) is 4.79 Å². The number of hydrogen-bond donors (Lipinski definition) is 1. The van der Waals surface area contributed by atoms with Crippen LogP contribution >= 0.6 is 0 Å². The van der Waals surface area contributed by atoms with Crippen molar-refractivity contribution in [1.29, 1.82) is 0 Å². The zero-order valence-corrected chi connectivity index (χ0v) is 13.4. The summed E-state index contributed by atoms with van der Waals surface area (Å²) in [6.07, 6.45) is -2.78. The fourth-order valence-electron chi connectivity index (χ4n) is 1.81. The van der Waals surface area contributed by atoms with Crippen LogP contribution in [0.5, 0.6) is 0 Å². The number of hydroxylamine groups is 1. The van der Waals surface area contributed by atoms with Gasteiger partial charge in [0, 0.05) is 43.7 Å². The highest BCUT2D eigenvalue weighted by molar-refractivity contribution is 5.92. The smallest absolute Gasteiger partial charge is 0.398 e. The summed E-state index contributed by atoms with van der Waals surface area (Å²) in [5.74, 6) is -4.07. The van der Waals surface area contributed by atoms with Gasteiger partial charge in [0.1, 0.15) is 0 Å². The number of alkyl halides is 3. The third-order valence-electron chi connectivity index (χ3n) is 3.07. The van der Waals surface area contributed by atoms with Gasteiger partial charge in [-0.2, -0.15) is 18.2 Å². The molecule has 0 aliphatic heterocycles. The first-order valence-corrected chi connectivity index (χ1v) is 6.90. The molecule has 0 fully saturated rings. The molecule has 0 radical (unpaired) electrons. The SMILES string of the molecule is CC(=O)N(OC(=O)C(F)(F)F)c1cc(N)c(-c2ccn(C)c(=O)n2)cn1. The van der Waals surface area contributed by atoms with Crippen LogP contribution in [0.2, 0.25) is 0 Å². The summed E-state index contributed by atoms with van der Waals surface area (Å²) in [5, 5.41) is 0.0629. The number of aryl methyl sites for hydroxylation is 1. The molecule has 2 N–H and O–H groups in total. The van der Waals surface area contributed by atoms with Crippen LogP contribution in [-0.4, -0.2) is 32.6 Å². The number of amides is 1. The zero-order valence-electron chi connectivity index (χ0n) is 13.4. The maximum Gasteiger partial charge on any atom is 0.493 e. The molecule has 0 aliphatic rings. The molecule has 1 amide bonds. The molecule has 0 spiro atoms. The molecule has 0 unspecified atom stereocenters. The molecule has 0 saturated carbocycles. The normalized spacial score (nSPS) is 11.1. The summed E-state index contributed by atoms with van der Waals surface area (Å²) in [5.41, 5.74) is 5.57. The summed E-state index contributed by atoms with van der Waals surface area (Å²) < 4.78 is 38.2. The molecular formula is C14H12F3N5O4. The molecule has 0 saturated heterocycles. The standard InChI is InChI=1S/C14H12F3N5O4/c1-7(23)22(26-12(24)14(15,16)17)11-5-9(18)8(6-19-11)10-3-4-21(2)13(25)20-10/h3-6H,1-2H3,(H2,18,19). The lowest BCUT2D eigenvalue weighted by molar-refractivity contribution is -0.201. The summed E-state index contributed by atoms with van der Waals surface area (Å²) in [4.78, 5) is 45.6. The van der Waals surface area contributed by atoms with Crippen molar-refractivity contribution in [2.24, 2.45) is 7.05 Å². The topological polar surface area (TPSA) is 120 Å². The molecule has 2 aromatic rings. The summed E-state index contributed by atoms with van der Waals surface area (Å²) >= 11 is 0. The van der Waals surface area contributed by atoms with Gasteiger partial charge in [-0.1, -0.05) is 0 Å². The Balaban J connectivity index is 2.39. The first-order valence-electron chi connectivity index (χ1n) is 6.90. The number of aromatic nitrogens is 3. The second-order valence-corrected chi connectivity index (χ2v) is 5.03. The number of halogens is 3. The maximum atomic E-state index is 12.3. The first-order chi connectivity index (χ1) is 12.0. The summed E-state index contributed by atoms with van der Waals surface area (Å²) in [6, 6.07) is 2.49. The number of nitrogens with two attached hydrogens (primary N) is 1. The lowest BCUT2D eigenvalue weighted by atomic mass is 10.1. The number of pyridine rings is 1. The molecule has 12 heteroatoms. The molecule has 2 aromatic heterocycles. The summed E-state index contributed by atoms with van der Waals surface area (Å²) in [7, 11) is 1.49. The molecular weight excluding hydrogens is 359 g/mol. The Kier molecular flexibility index (Phi) is 4.95. The average molecular weight is 371 g/mol. The van der Waals surface area contributed by atoms with Crippen molar-refractivity contribution >= 4 is 23.4 Å². The second-order valence-electron chi connectivity index (χ2n) is 5.03. The van der Waals surface area contributed by atoms with Crippen molar-refractivity contribution in [3.05, 3.63) is 35.0 Å². The highest BCUT2D eigenvalue weighted by Gasteiger charge is 2.43. The van der Waals surface area contributed by atoms with Crippen LogP contribution in [0.1, 0.15) is 6.92 Å². The van der Waals surface area contributed by atoms with Crippen LogP contribution in [0, 0.1) is 0 Å². The van der Waals surface area contributed by atoms with E-state index in [0.717, 1.165) is 19.2 Å². The van der Waals surface area contributed by atoms with Gasteiger partial charge in [0.25, 0.3) is 5.91 Å². The van der Waals surface area contributed by atoms with Crippen LogP contribution in [0.3, 0.4) is 0 Å². The minimum Gasteiger partial charge on any atom is -0.398 e. The van der Waals surface area contributed by atoms with E-state index in [4.69, 9.17) is 5.73 Å². The predicted molar refractivity (Wildman–Crippen MR) is 82.4 cm³/mol. The van der Waals surface area contributed by atoms with Crippen molar-refractivity contribution in [2.45, 2.75) is 13.1 Å². The fourth-order valence-corrected chi connectivity index (χ4v) is 1.81. The van der Waals surface area contributed by atoms with Crippen molar-refractivity contribution in [3.8, 4) is 11.3 Å². The van der Waals surface area contributed by atoms with E-state index in [2.05, 4.69) is 14.8 Å². The fraction of sp³-hybridized carbons (Fsp3) is 0.214. The van der Waals surface area contributed by atoms with Gasteiger partial charge in [-0.15, -0.1) is 5.06 Å². The monoisotopic (exact) mass is 371 g/mol. The lowest BCUT2D eigenvalue weighted by Gasteiger charge is -2.19. The first kappa shape index (κ1) is 18.9. The van der Waals surface area contributed by atoms with E-state index in [1.165, 1.54) is 23.9 Å². The third-order valence-corrected chi connectivity index (χ3v) is 3.07. The Bertz CT molecular complexity index is 926. The van der Waals surface area contributed by atoms with Gasteiger partial charge in [0.15, 0.2) is 5.82 Å². The van der Waals surface area contributed by atoms with Gasteiger partial charge in [-0.25, -0.2) is 14.6 Å². The Hall–Kier alpha value is -3.44. The van der Waals surface area contributed by atoms with Gasteiger partial charge >= 0.3 is 17.8 Å². The molecule has 0 aliphatic carbocycles. The molecule has 2 rings (SSSR count). The third kappa shape index (κ3) is 3.96. The zero-order chi connectivity index (χ0) is 19.6. The van der Waals surface area contributed by atoms with Crippen LogP contribution in [0.15, 0.2) is 29.3 Å². The maximum absolute atomic E-state index is 12.3. The van der Waals surface area contributed by atoms with Crippen molar-refractivity contribution < 1.29 is 27.6 Å². The number of hydrogen-bond acceptors (Lipinski definition) is 7. The number of nitrogens with zero attached hydrogens (tertiary/aromatic N) is 4. The van der Waals surface area contributed by atoms with Crippen LogP contribution < -0.4 is 16.5 Å². The minimum absolute atomic E-state index is 0.0509. The highest BCUT2D eigenvalue weighted by Crippen LogP contribution is 2.27. The van der Waals surface area contributed by atoms with Gasteiger partial charge in [0.2, 0.25) is 0 Å². The van der Waals surface area contributed by atoms with Gasteiger partial charge in [-0.05, 0) is 6.07 Å². The number of anilines is 2. The molecule has 0 atom stereocenters. The van der Waals surface area contributed by atoms with E-state index in [9.17, 15) is 27.6 Å². The van der Waals surface area contributed by atoms with Crippen LogP contribution in [0.4, 0.5) is 24.7 Å². The predicted octanol–water partition coefficient (Wildman–Crippen LogP) is 0.798. The van der Waals surface area contributed by atoms with E-state index in [0.29, 0.717) is 0 Å². The Morgan fingerprint density at radius 2 is 2.00 bits per heavy atom. The van der Waals surface area contributed by atoms with E-state index in [-0.39, 0.29) is 22.0 Å². The van der Waals surface area contributed by atoms with Crippen LogP contribution in [0.25, 0.3) is 11.3 Å².